The van der Waals surface area contributed by atoms with Crippen LogP contribution in [-0.2, 0) is 27.2 Å². The molecule has 1 aromatic rings. The van der Waals surface area contributed by atoms with Crippen LogP contribution in [-0.4, -0.2) is 72.3 Å². The normalized spacial score (nSPS) is 18.5. The third-order valence-electron chi connectivity index (χ3n) is 8.04. The van der Waals surface area contributed by atoms with E-state index in [9.17, 15) is 14.7 Å². The number of unbranched alkanes of at least 4 members (excludes halogenated alkanes) is 1. The first-order chi connectivity index (χ1) is 17.8. The van der Waals surface area contributed by atoms with Gasteiger partial charge in [-0.05, 0) is 81.9 Å². The second-order valence-corrected chi connectivity index (χ2v) is 11.4. The van der Waals surface area contributed by atoms with Crippen LogP contribution in [0.1, 0.15) is 89.3 Å². The van der Waals surface area contributed by atoms with E-state index < -0.39 is 12.0 Å². The summed E-state index contributed by atoms with van der Waals surface area (Å²) in [5, 5.41) is 16.0. The van der Waals surface area contributed by atoms with Gasteiger partial charge >= 0.3 is 5.97 Å². The van der Waals surface area contributed by atoms with Crippen LogP contribution in [0.5, 0.6) is 0 Å². The molecule has 0 bridgehead atoms. The van der Waals surface area contributed by atoms with Gasteiger partial charge in [0.1, 0.15) is 11.9 Å². The Hall–Kier alpha value is -2.19. The Morgan fingerprint density at radius 3 is 2.70 bits per heavy atom. The van der Waals surface area contributed by atoms with Crippen LogP contribution in [0.25, 0.3) is 0 Å². The number of hydrogen-bond donors (Lipinski definition) is 3. The molecular weight excluding hydrogens is 468 g/mol. The smallest absolute Gasteiger partial charge is 0.326 e. The molecule has 0 unspecified atom stereocenters. The maximum absolute atomic E-state index is 12.7. The Kier molecular flexibility index (Phi) is 11.6. The number of pyridine rings is 1. The Morgan fingerprint density at radius 2 is 1.97 bits per heavy atom. The molecule has 3 rings (SSSR count). The molecular formula is C29H48N4O4. The minimum Gasteiger partial charge on any atom is -0.480 e. The second-order valence-electron chi connectivity index (χ2n) is 11.4. The van der Waals surface area contributed by atoms with Gasteiger partial charge in [0.05, 0.1) is 6.10 Å². The standard InChI is InChI=1S/C29H48N4O4/c1-22(37-3)21-33(18-8-5-11-24-13-12-23-10-9-17-30-27(23)31-24)19-14-25(28(35)36)32-26(34)20-29(2)15-6-4-7-16-29/h12-13,22,25H,4-11,14-21H2,1-3H3,(H,30,31)(H,32,34)(H,35,36)/t22-,25+/m1/s1. The highest BCUT2D eigenvalue weighted by Crippen LogP contribution is 2.38. The number of aliphatic carboxylic acids is 1. The fraction of sp³-hybridized carbons (Fsp3) is 0.759. The van der Waals surface area contributed by atoms with Crippen molar-refractivity contribution >= 4 is 17.7 Å². The molecule has 208 valence electrons. The third-order valence-corrected chi connectivity index (χ3v) is 8.04. The number of amides is 1. The van der Waals surface area contributed by atoms with E-state index in [-0.39, 0.29) is 17.4 Å². The summed E-state index contributed by atoms with van der Waals surface area (Å²) in [6.45, 7) is 7.37. The van der Waals surface area contributed by atoms with Gasteiger partial charge in [-0.2, -0.15) is 0 Å². The molecule has 1 fully saturated rings. The van der Waals surface area contributed by atoms with Gasteiger partial charge in [-0.15, -0.1) is 0 Å². The van der Waals surface area contributed by atoms with Crippen molar-refractivity contribution in [2.45, 2.75) is 103 Å². The predicted octanol–water partition coefficient (Wildman–Crippen LogP) is 4.42. The highest BCUT2D eigenvalue weighted by molar-refractivity contribution is 5.83. The predicted molar refractivity (Wildman–Crippen MR) is 147 cm³/mol. The number of hydrogen-bond acceptors (Lipinski definition) is 6. The van der Waals surface area contributed by atoms with Crippen LogP contribution in [0.4, 0.5) is 5.82 Å². The van der Waals surface area contributed by atoms with Gasteiger partial charge in [0.2, 0.25) is 5.91 Å². The van der Waals surface area contributed by atoms with E-state index in [1.807, 2.05) is 6.92 Å². The van der Waals surface area contributed by atoms with Crippen LogP contribution in [0.2, 0.25) is 0 Å². The van der Waals surface area contributed by atoms with E-state index in [0.29, 0.717) is 19.4 Å². The van der Waals surface area contributed by atoms with E-state index in [0.717, 1.165) is 88.9 Å². The number of nitrogens with zero attached hydrogens (tertiary/aromatic N) is 2. The summed E-state index contributed by atoms with van der Waals surface area (Å²) >= 11 is 0. The molecule has 8 heteroatoms. The fourth-order valence-electron chi connectivity index (χ4n) is 5.67. The van der Waals surface area contributed by atoms with Crippen LogP contribution in [0, 0.1) is 5.41 Å². The zero-order chi connectivity index (χ0) is 26.7. The van der Waals surface area contributed by atoms with Gasteiger partial charge in [-0.25, -0.2) is 9.78 Å². The van der Waals surface area contributed by atoms with E-state index >= 15 is 0 Å². The van der Waals surface area contributed by atoms with Crippen molar-refractivity contribution in [2.75, 3.05) is 38.6 Å². The molecule has 3 N–H and O–H groups in total. The van der Waals surface area contributed by atoms with E-state index in [4.69, 9.17) is 9.72 Å². The third kappa shape index (κ3) is 9.89. The average molecular weight is 517 g/mol. The number of carbonyl (C=O) groups is 2. The summed E-state index contributed by atoms with van der Waals surface area (Å²) in [5.74, 6) is -0.0619. The number of nitrogens with one attached hydrogen (secondary N) is 2. The maximum atomic E-state index is 12.7. The molecule has 1 saturated carbocycles. The van der Waals surface area contributed by atoms with Crippen molar-refractivity contribution in [2.24, 2.45) is 5.41 Å². The number of carboxylic acid groups (broad SMARTS) is 1. The monoisotopic (exact) mass is 516 g/mol. The number of aromatic nitrogens is 1. The number of carboxylic acids is 1. The summed E-state index contributed by atoms with van der Waals surface area (Å²) in [7, 11) is 1.70. The van der Waals surface area contributed by atoms with Crippen molar-refractivity contribution in [1.29, 1.82) is 0 Å². The van der Waals surface area contributed by atoms with Crippen LogP contribution < -0.4 is 10.6 Å². The first-order valence-electron chi connectivity index (χ1n) is 14.3. The Bertz CT molecular complexity index is 871. The highest BCUT2D eigenvalue weighted by Gasteiger charge is 2.31. The Labute approximate surface area is 222 Å². The second kappa shape index (κ2) is 14.7. The maximum Gasteiger partial charge on any atom is 0.326 e. The van der Waals surface area contributed by atoms with Crippen LogP contribution in [0.15, 0.2) is 12.1 Å². The molecule has 37 heavy (non-hydrogen) atoms. The molecule has 1 amide bonds. The van der Waals surface area contributed by atoms with E-state index in [1.165, 1.54) is 12.0 Å². The molecule has 0 spiro atoms. The van der Waals surface area contributed by atoms with Crippen LogP contribution in [0.3, 0.4) is 0 Å². The van der Waals surface area contributed by atoms with Gasteiger partial charge in [0, 0.05) is 38.9 Å². The number of carbonyl (C=O) groups excluding carboxylic acids is 1. The Balaban J connectivity index is 1.46. The van der Waals surface area contributed by atoms with Crippen LogP contribution >= 0.6 is 0 Å². The van der Waals surface area contributed by atoms with E-state index in [1.54, 1.807) is 7.11 Å². The summed E-state index contributed by atoms with van der Waals surface area (Å²) in [5.41, 5.74) is 2.42. The lowest BCUT2D eigenvalue weighted by molar-refractivity contribution is -0.142. The van der Waals surface area contributed by atoms with E-state index in [2.05, 4.69) is 34.6 Å². The zero-order valence-electron chi connectivity index (χ0n) is 23.2. The number of anilines is 1. The molecule has 1 aliphatic carbocycles. The summed E-state index contributed by atoms with van der Waals surface area (Å²) < 4.78 is 5.48. The molecule has 1 aromatic heterocycles. The van der Waals surface area contributed by atoms with Crippen molar-refractivity contribution in [3.8, 4) is 0 Å². The number of rotatable bonds is 15. The lowest BCUT2D eigenvalue weighted by atomic mass is 9.73. The van der Waals surface area contributed by atoms with Gasteiger partial charge in [-0.3, -0.25) is 4.79 Å². The van der Waals surface area contributed by atoms with Gasteiger partial charge < -0.3 is 25.4 Å². The lowest BCUT2D eigenvalue weighted by Crippen LogP contribution is -2.45. The first-order valence-corrected chi connectivity index (χ1v) is 14.3. The summed E-state index contributed by atoms with van der Waals surface area (Å²) in [6, 6.07) is 3.47. The van der Waals surface area contributed by atoms with Crippen molar-refractivity contribution in [3.63, 3.8) is 0 Å². The van der Waals surface area contributed by atoms with Crippen molar-refractivity contribution < 1.29 is 19.4 Å². The molecule has 2 aliphatic rings. The first kappa shape index (κ1) is 29.4. The van der Waals surface area contributed by atoms with Gasteiger partial charge in [-0.1, -0.05) is 32.3 Å². The number of aryl methyl sites for hydroxylation is 2. The fourth-order valence-corrected chi connectivity index (χ4v) is 5.67. The number of methoxy groups -OCH3 is 1. The highest BCUT2D eigenvalue weighted by atomic mass is 16.5. The number of ether oxygens (including phenoxy) is 1. The molecule has 0 aromatic carbocycles. The molecule has 1 aliphatic heterocycles. The SMILES string of the molecule is CO[C@H](C)CN(CCCCc1ccc2c(n1)NCCC2)CC[C@H](NC(=O)CC1(C)CCCCC1)C(=O)O. The molecule has 2 atom stereocenters. The zero-order valence-corrected chi connectivity index (χ0v) is 23.2. The largest absolute Gasteiger partial charge is 0.480 e. The quantitative estimate of drug-likeness (QED) is 0.297. The average Bonchev–Trinajstić information content (AvgIpc) is 2.88. The Morgan fingerprint density at radius 1 is 1.19 bits per heavy atom. The summed E-state index contributed by atoms with van der Waals surface area (Å²) in [4.78, 5) is 31.7. The number of fused-ring (bicyclic) bond motifs is 1. The molecule has 8 nitrogen and oxygen atoms in total. The minimum absolute atomic E-state index is 0.00566. The summed E-state index contributed by atoms with van der Waals surface area (Å²) in [6.07, 6.45) is 11.6. The lowest BCUT2D eigenvalue weighted by Gasteiger charge is -2.33. The van der Waals surface area contributed by atoms with Crippen molar-refractivity contribution in [3.05, 3.63) is 23.4 Å². The minimum atomic E-state index is -0.964. The topological polar surface area (TPSA) is 104 Å². The molecule has 0 saturated heterocycles. The van der Waals surface area contributed by atoms with Gasteiger partial charge in [0.15, 0.2) is 0 Å². The van der Waals surface area contributed by atoms with Crippen molar-refractivity contribution in [1.82, 2.24) is 15.2 Å². The molecule has 2 heterocycles. The molecule has 0 radical (unpaired) electrons. The van der Waals surface area contributed by atoms with Gasteiger partial charge in [0.25, 0.3) is 0 Å².